The molecule has 0 saturated carbocycles. The molecule has 10 heavy (non-hydrogen) atoms. The standard InChI is InChI=1S/C6H14N2S2/c1-4-8(7)5(2)10-6(3)9-4/h4-6H,7H2,1-3H3. The highest BCUT2D eigenvalue weighted by Gasteiger charge is 2.26. The number of nitrogens with two attached hydrogens (primary N) is 1. The van der Waals surface area contributed by atoms with Crippen LogP contribution in [0.15, 0.2) is 0 Å². The largest absolute Gasteiger partial charge is 0.267 e. The summed E-state index contributed by atoms with van der Waals surface area (Å²) >= 11 is 3.83. The Labute approximate surface area is 70.9 Å². The summed E-state index contributed by atoms with van der Waals surface area (Å²) in [6.45, 7) is 6.53. The lowest BCUT2D eigenvalue weighted by Gasteiger charge is -2.37. The molecule has 1 aliphatic rings. The fraction of sp³-hybridized carbons (Fsp3) is 1.00. The van der Waals surface area contributed by atoms with Crippen molar-refractivity contribution < 1.29 is 0 Å². The smallest absolute Gasteiger partial charge is 0.0689 e. The molecule has 1 heterocycles. The van der Waals surface area contributed by atoms with Gasteiger partial charge < -0.3 is 0 Å². The number of thioether (sulfide) groups is 2. The van der Waals surface area contributed by atoms with E-state index in [-0.39, 0.29) is 0 Å². The van der Waals surface area contributed by atoms with Crippen molar-refractivity contribution in [1.29, 1.82) is 0 Å². The second-order valence-corrected chi connectivity index (χ2v) is 6.11. The zero-order chi connectivity index (χ0) is 7.72. The number of rotatable bonds is 0. The van der Waals surface area contributed by atoms with Crippen molar-refractivity contribution in [3.63, 3.8) is 0 Å². The maximum Gasteiger partial charge on any atom is 0.0689 e. The lowest BCUT2D eigenvalue weighted by molar-refractivity contribution is 0.265. The molecule has 0 aromatic carbocycles. The molecular weight excluding hydrogens is 164 g/mol. The first-order valence-electron chi connectivity index (χ1n) is 3.45. The first-order valence-corrected chi connectivity index (χ1v) is 5.34. The van der Waals surface area contributed by atoms with Gasteiger partial charge in [-0.3, -0.25) is 5.84 Å². The molecule has 0 amide bonds. The molecule has 2 nitrogen and oxygen atoms in total. The Morgan fingerprint density at radius 3 is 1.90 bits per heavy atom. The quantitative estimate of drug-likeness (QED) is 0.572. The molecule has 0 spiro atoms. The van der Waals surface area contributed by atoms with Crippen molar-refractivity contribution in [2.75, 3.05) is 0 Å². The Hall–Kier alpha value is 0.620. The van der Waals surface area contributed by atoms with Crippen LogP contribution in [0.25, 0.3) is 0 Å². The Bertz CT molecular complexity index is 108. The van der Waals surface area contributed by atoms with Gasteiger partial charge in [-0.2, -0.15) is 0 Å². The van der Waals surface area contributed by atoms with E-state index in [4.69, 9.17) is 5.84 Å². The van der Waals surface area contributed by atoms with Gasteiger partial charge >= 0.3 is 0 Å². The normalized spacial score (nSPS) is 43.8. The lowest BCUT2D eigenvalue weighted by Crippen LogP contribution is -2.46. The second-order valence-electron chi connectivity index (χ2n) is 2.49. The SMILES string of the molecule is CC1SC(C)N(N)C(C)S1. The van der Waals surface area contributed by atoms with Gasteiger partial charge in [0.2, 0.25) is 0 Å². The van der Waals surface area contributed by atoms with Crippen LogP contribution in [0.1, 0.15) is 20.8 Å². The summed E-state index contributed by atoms with van der Waals surface area (Å²) in [7, 11) is 0. The Morgan fingerprint density at radius 1 is 1.10 bits per heavy atom. The van der Waals surface area contributed by atoms with Crippen LogP contribution < -0.4 is 5.84 Å². The predicted octanol–water partition coefficient (Wildman–Crippen LogP) is 1.68. The average molecular weight is 178 g/mol. The molecule has 0 aromatic rings. The van der Waals surface area contributed by atoms with Gasteiger partial charge in [-0.05, 0) is 20.8 Å². The fourth-order valence-corrected chi connectivity index (χ4v) is 4.08. The van der Waals surface area contributed by atoms with E-state index >= 15 is 0 Å². The maximum atomic E-state index is 5.78. The van der Waals surface area contributed by atoms with E-state index in [1.54, 1.807) is 0 Å². The van der Waals surface area contributed by atoms with E-state index < -0.39 is 0 Å². The second kappa shape index (κ2) is 3.34. The molecule has 2 N–H and O–H groups in total. The van der Waals surface area contributed by atoms with Gasteiger partial charge in [0.1, 0.15) is 0 Å². The van der Waals surface area contributed by atoms with Crippen LogP contribution in [0.2, 0.25) is 0 Å². The zero-order valence-electron chi connectivity index (χ0n) is 6.57. The average Bonchev–Trinajstić information content (AvgIpc) is 1.82. The van der Waals surface area contributed by atoms with Crippen molar-refractivity contribution in [2.45, 2.75) is 36.1 Å². The van der Waals surface area contributed by atoms with Crippen molar-refractivity contribution in [1.82, 2.24) is 5.01 Å². The van der Waals surface area contributed by atoms with Crippen molar-refractivity contribution in [3.05, 3.63) is 0 Å². The van der Waals surface area contributed by atoms with E-state index in [9.17, 15) is 0 Å². The van der Waals surface area contributed by atoms with Gasteiger partial charge in [0, 0.05) is 0 Å². The van der Waals surface area contributed by atoms with Gasteiger partial charge in [-0.1, -0.05) is 0 Å². The summed E-state index contributed by atoms with van der Waals surface area (Å²) in [6, 6.07) is 0. The van der Waals surface area contributed by atoms with Crippen LogP contribution in [-0.2, 0) is 0 Å². The van der Waals surface area contributed by atoms with E-state index in [1.165, 1.54) is 0 Å². The number of hydrogen-bond acceptors (Lipinski definition) is 4. The Balaban J connectivity index is 2.49. The third kappa shape index (κ3) is 1.81. The topological polar surface area (TPSA) is 29.3 Å². The van der Waals surface area contributed by atoms with Crippen molar-refractivity contribution >= 4 is 23.5 Å². The van der Waals surface area contributed by atoms with Gasteiger partial charge in [0.05, 0.1) is 15.3 Å². The minimum Gasteiger partial charge on any atom is -0.267 e. The molecule has 1 rings (SSSR count). The van der Waals surface area contributed by atoms with Crippen LogP contribution in [0.3, 0.4) is 0 Å². The monoisotopic (exact) mass is 178 g/mol. The highest BCUT2D eigenvalue weighted by molar-refractivity contribution is 8.18. The van der Waals surface area contributed by atoms with E-state index in [1.807, 2.05) is 28.5 Å². The molecule has 60 valence electrons. The van der Waals surface area contributed by atoms with E-state index in [0.717, 1.165) is 0 Å². The van der Waals surface area contributed by atoms with Gasteiger partial charge in [-0.25, -0.2) is 5.01 Å². The third-order valence-corrected chi connectivity index (χ3v) is 4.32. The molecule has 1 fully saturated rings. The van der Waals surface area contributed by atoms with Crippen LogP contribution in [0.5, 0.6) is 0 Å². The summed E-state index contributed by atoms with van der Waals surface area (Å²) in [6.07, 6.45) is 0. The minimum absolute atomic E-state index is 0.464. The molecular formula is C6H14N2S2. The molecule has 0 aliphatic carbocycles. The van der Waals surface area contributed by atoms with Crippen LogP contribution in [0, 0.1) is 0 Å². The lowest BCUT2D eigenvalue weighted by atomic mass is 10.6. The highest BCUT2D eigenvalue weighted by Crippen LogP contribution is 2.37. The molecule has 1 aliphatic heterocycles. The summed E-state index contributed by atoms with van der Waals surface area (Å²) in [5.41, 5.74) is 0. The van der Waals surface area contributed by atoms with E-state index in [0.29, 0.717) is 15.3 Å². The first kappa shape index (κ1) is 8.71. The summed E-state index contributed by atoms with van der Waals surface area (Å²) in [4.78, 5) is 0. The Morgan fingerprint density at radius 2 is 1.50 bits per heavy atom. The number of hydrogen-bond donors (Lipinski definition) is 1. The molecule has 2 atom stereocenters. The third-order valence-electron chi connectivity index (χ3n) is 1.62. The summed E-state index contributed by atoms with van der Waals surface area (Å²) < 4.78 is 0.685. The van der Waals surface area contributed by atoms with Gasteiger partial charge in [-0.15, -0.1) is 23.5 Å². The number of nitrogens with zero attached hydrogens (tertiary/aromatic N) is 1. The molecule has 2 unspecified atom stereocenters. The van der Waals surface area contributed by atoms with Crippen LogP contribution in [-0.4, -0.2) is 20.3 Å². The van der Waals surface area contributed by atoms with Crippen LogP contribution >= 0.6 is 23.5 Å². The maximum absolute atomic E-state index is 5.78. The van der Waals surface area contributed by atoms with Crippen molar-refractivity contribution in [2.24, 2.45) is 5.84 Å². The van der Waals surface area contributed by atoms with Crippen LogP contribution in [0.4, 0.5) is 0 Å². The Kier molecular flexibility index (Phi) is 2.91. The van der Waals surface area contributed by atoms with Gasteiger partial charge in [0.15, 0.2) is 0 Å². The summed E-state index contributed by atoms with van der Waals surface area (Å²) in [5, 5.41) is 2.84. The predicted molar refractivity (Wildman–Crippen MR) is 49.6 cm³/mol. The molecule has 4 heteroatoms. The molecule has 0 bridgehead atoms. The molecule has 0 radical (unpaired) electrons. The summed E-state index contributed by atoms with van der Waals surface area (Å²) in [5.74, 6) is 5.78. The highest BCUT2D eigenvalue weighted by atomic mass is 32.2. The fourth-order valence-electron chi connectivity index (χ4n) is 1.02. The van der Waals surface area contributed by atoms with E-state index in [2.05, 4.69) is 20.8 Å². The minimum atomic E-state index is 0.464. The zero-order valence-corrected chi connectivity index (χ0v) is 8.21. The number of hydrazine groups is 1. The van der Waals surface area contributed by atoms with Gasteiger partial charge in [0.25, 0.3) is 0 Å². The molecule has 0 aromatic heterocycles. The first-order chi connectivity index (χ1) is 4.61. The van der Waals surface area contributed by atoms with Crippen molar-refractivity contribution in [3.8, 4) is 0 Å². The molecule has 1 saturated heterocycles.